The van der Waals surface area contributed by atoms with Crippen LogP contribution in [0.5, 0.6) is 5.75 Å². The third kappa shape index (κ3) is 4.23. The van der Waals surface area contributed by atoms with Crippen LogP contribution in [0.15, 0.2) is 36.4 Å². The van der Waals surface area contributed by atoms with Crippen molar-refractivity contribution in [2.45, 2.75) is 13.8 Å². The molecule has 120 valence electrons. The summed E-state index contributed by atoms with van der Waals surface area (Å²) in [6.45, 7) is 3.27. The summed E-state index contributed by atoms with van der Waals surface area (Å²) in [7, 11) is 1.51. The van der Waals surface area contributed by atoms with Crippen molar-refractivity contribution in [3.63, 3.8) is 0 Å². The van der Waals surface area contributed by atoms with Gasteiger partial charge in [-0.25, -0.2) is 0 Å². The van der Waals surface area contributed by atoms with Crippen molar-refractivity contribution in [3.05, 3.63) is 52.5 Å². The predicted molar refractivity (Wildman–Crippen MR) is 91.4 cm³/mol. The highest BCUT2D eigenvalue weighted by molar-refractivity contribution is 6.31. The SMILES string of the molecule is COc1cc(Cl)c(C)cc1NC(=O)c1ccc(NC(C)=O)cc1. The molecule has 0 aliphatic heterocycles. The van der Waals surface area contributed by atoms with Crippen LogP contribution in [-0.4, -0.2) is 18.9 Å². The normalized spacial score (nSPS) is 10.1. The number of hydrogen-bond donors (Lipinski definition) is 2. The Morgan fingerprint density at radius 2 is 1.74 bits per heavy atom. The van der Waals surface area contributed by atoms with Gasteiger partial charge in [0.1, 0.15) is 5.75 Å². The van der Waals surface area contributed by atoms with E-state index in [1.807, 2.05) is 6.92 Å². The molecule has 0 heterocycles. The van der Waals surface area contributed by atoms with Gasteiger partial charge in [0.15, 0.2) is 0 Å². The lowest BCUT2D eigenvalue weighted by Crippen LogP contribution is -2.13. The van der Waals surface area contributed by atoms with Crippen molar-refractivity contribution in [3.8, 4) is 5.75 Å². The summed E-state index contributed by atoms with van der Waals surface area (Å²) in [6, 6.07) is 10.0. The van der Waals surface area contributed by atoms with Crippen molar-refractivity contribution >= 4 is 34.8 Å². The Morgan fingerprint density at radius 3 is 2.30 bits per heavy atom. The average Bonchev–Trinajstić information content (AvgIpc) is 2.50. The molecule has 0 saturated carbocycles. The molecule has 2 amide bonds. The molecule has 0 saturated heterocycles. The molecule has 0 aliphatic carbocycles. The number of hydrogen-bond acceptors (Lipinski definition) is 3. The first-order valence-corrected chi connectivity index (χ1v) is 7.31. The third-order valence-electron chi connectivity index (χ3n) is 3.20. The maximum absolute atomic E-state index is 12.3. The highest BCUT2D eigenvalue weighted by atomic mass is 35.5. The molecule has 2 rings (SSSR count). The number of amides is 2. The minimum atomic E-state index is -0.278. The largest absolute Gasteiger partial charge is 0.495 e. The van der Waals surface area contributed by atoms with Crippen LogP contribution >= 0.6 is 11.6 Å². The van der Waals surface area contributed by atoms with Gasteiger partial charge in [0.2, 0.25) is 5.91 Å². The minimum Gasteiger partial charge on any atom is -0.495 e. The molecular weight excluding hydrogens is 316 g/mol. The molecule has 2 aromatic rings. The third-order valence-corrected chi connectivity index (χ3v) is 3.60. The zero-order valence-corrected chi connectivity index (χ0v) is 13.8. The summed E-state index contributed by atoms with van der Waals surface area (Å²) in [4.78, 5) is 23.3. The van der Waals surface area contributed by atoms with E-state index >= 15 is 0 Å². The van der Waals surface area contributed by atoms with Crippen molar-refractivity contribution in [2.24, 2.45) is 0 Å². The number of carbonyl (C=O) groups is 2. The zero-order chi connectivity index (χ0) is 17.0. The molecule has 6 heteroatoms. The van der Waals surface area contributed by atoms with E-state index in [0.29, 0.717) is 27.7 Å². The fraction of sp³-hybridized carbons (Fsp3) is 0.176. The van der Waals surface area contributed by atoms with E-state index in [0.717, 1.165) is 5.56 Å². The molecule has 0 bridgehead atoms. The van der Waals surface area contributed by atoms with Crippen molar-refractivity contribution in [1.82, 2.24) is 0 Å². The smallest absolute Gasteiger partial charge is 0.255 e. The first kappa shape index (κ1) is 16.8. The molecule has 0 atom stereocenters. The lowest BCUT2D eigenvalue weighted by Gasteiger charge is -2.12. The second-order valence-corrected chi connectivity index (χ2v) is 5.42. The number of halogens is 1. The fourth-order valence-corrected chi connectivity index (χ4v) is 2.19. The number of ether oxygens (including phenoxy) is 1. The molecule has 5 nitrogen and oxygen atoms in total. The summed E-state index contributed by atoms with van der Waals surface area (Å²) >= 11 is 6.05. The van der Waals surface area contributed by atoms with Crippen molar-refractivity contribution < 1.29 is 14.3 Å². The number of aryl methyl sites for hydroxylation is 1. The standard InChI is InChI=1S/C17H17ClN2O3/c1-10-8-15(16(23-3)9-14(10)18)20-17(22)12-4-6-13(7-5-12)19-11(2)21/h4-9H,1-3H3,(H,19,21)(H,20,22). The molecule has 2 aromatic carbocycles. The minimum absolute atomic E-state index is 0.163. The van der Waals surface area contributed by atoms with E-state index in [-0.39, 0.29) is 11.8 Å². The average molecular weight is 333 g/mol. The number of carbonyl (C=O) groups excluding carboxylic acids is 2. The summed E-state index contributed by atoms with van der Waals surface area (Å²) < 4.78 is 5.23. The number of methoxy groups -OCH3 is 1. The second kappa shape index (κ2) is 7.15. The summed E-state index contributed by atoms with van der Waals surface area (Å²) in [5, 5.41) is 6.01. The molecule has 2 N–H and O–H groups in total. The predicted octanol–water partition coefficient (Wildman–Crippen LogP) is 3.87. The Bertz CT molecular complexity index is 742. The topological polar surface area (TPSA) is 67.4 Å². The summed E-state index contributed by atoms with van der Waals surface area (Å²) in [6.07, 6.45) is 0. The van der Waals surface area contributed by atoms with Crippen molar-refractivity contribution in [1.29, 1.82) is 0 Å². The van der Waals surface area contributed by atoms with Gasteiger partial charge in [-0.05, 0) is 42.8 Å². The van der Waals surface area contributed by atoms with E-state index in [1.54, 1.807) is 36.4 Å². The Morgan fingerprint density at radius 1 is 1.09 bits per heavy atom. The van der Waals surface area contributed by atoms with Crippen LogP contribution in [0.2, 0.25) is 5.02 Å². The van der Waals surface area contributed by atoms with Gasteiger partial charge < -0.3 is 15.4 Å². The molecule has 0 radical (unpaired) electrons. The van der Waals surface area contributed by atoms with E-state index in [1.165, 1.54) is 14.0 Å². The maximum atomic E-state index is 12.3. The Kier molecular flexibility index (Phi) is 5.24. The zero-order valence-electron chi connectivity index (χ0n) is 13.1. The number of benzene rings is 2. The van der Waals surface area contributed by atoms with Crippen LogP contribution in [0.3, 0.4) is 0 Å². The Balaban J connectivity index is 2.19. The maximum Gasteiger partial charge on any atom is 0.255 e. The van der Waals surface area contributed by atoms with Gasteiger partial charge in [0, 0.05) is 29.3 Å². The van der Waals surface area contributed by atoms with Crippen LogP contribution in [0.25, 0.3) is 0 Å². The van der Waals surface area contributed by atoms with Gasteiger partial charge in [-0.2, -0.15) is 0 Å². The molecule has 0 fully saturated rings. The molecule has 0 unspecified atom stereocenters. The monoisotopic (exact) mass is 332 g/mol. The number of nitrogens with one attached hydrogen (secondary N) is 2. The van der Waals surface area contributed by atoms with E-state index in [9.17, 15) is 9.59 Å². The number of rotatable bonds is 4. The molecule has 0 aromatic heterocycles. The van der Waals surface area contributed by atoms with Crippen LogP contribution < -0.4 is 15.4 Å². The molecule has 0 spiro atoms. The quantitative estimate of drug-likeness (QED) is 0.893. The van der Waals surface area contributed by atoms with E-state index in [4.69, 9.17) is 16.3 Å². The second-order valence-electron chi connectivity index (χ2n) is 5.01. The lowest BCUT2D eigenvalue weighted by atomic mass is 10.1. The van der Waals surface area contributed by atoms with E-state index < -0.39 is 0 Å². The first-order chi connectivity index (χ1) is 10.9. The van der Waals surface area contributed by atoms with Gasteiger partial charge in [0.25, 0.3) is 5.91 Å². The van der Waals surface area contributed by atoms with Gasteiger partial charge in [-0.1, -0.05) is 11.6 Å². The highest BCUT2D eigenvalue weighted by Gasteiger charge is 2.12. The van der Waals surface area contributed by atoms with Gasteiger partial charge in [-0.15, -0.1) is 0 Å². The van der Waals surface area contributed by atoms with Crippen LogP contribution in [0.4, 0.5) is 11.4 Å². The summed E-state index contributed by atoms with van der Waals surface area (Å²) in [5.74, 6) is 0.0480. The van der Waals surface area contributed by atoms with Crippen LogP contribution in [0.1, 0.15) is 22.8 Å². The highest BCUT2D eigenvalue weighted by Crippen LogP contribution is 2.31. The first-order valence-electron chi connectivity index (χ1n) is 6.94. The van der Waals surface area contributed by atoms with Gasteiger partial charge in [-0.3, -0.25) is 9.59 Å². The summed E-state index contributed by atoms with van der Waals surface area (Å²) in [5.41, 5.74) is 2.48. The number of anilines is 2. The Hall–Kier alpha value is -2.53. The van der Waals surface area contributed by atoms with Crippen LogP contribution in [-0.2, 0) is 4.79 Å². The van der Waals surface area contributed by atoms with Crippen LogP contribution in [0, 0.1) is 6.92 Å². The molecule has 23 heavy (non-hydrogen) atoms. The molecule has 0 aliphatic rings. The van der Waals surface area contributed by atoms with Gasteiger partial charge in [0.05, 0.1) is 12.8 Å². The van der Waals surface area contributed by atoms with E-state index in [2.05, 4.69) is 10.6 Å². The lowest BCUT2D eigenvalue weighted by molar-refractivity contribution is -0.114. The fourth-order valence-electron chi connectivity index (χ4n) is 2.03. The Labute approximate surface area is 139 Å². The van der Waals surface area contributed by atoms with Gasteiger partial charge >= 0.3 is 0 Å². The molecular formula is C17H17ClN2O3. The van der Waals surface area contributed by atoms with Crippen molar-refractivity contribution in [2.75, 3.05) is 17.7 Å².